The molecule has 0 radical (unpaired) electrons. The first-order valence-corrected chi connectivity index (χ1v) is 7.67. The van der Waals surface area contributed by atoms with Gasteiger partial charge in [-0.05, 0) is 44.9 Å². The first-order chi connectivity index (χ1) is 10.9. The van der Waals surface area contributed by atoms with Crippen molar-refractivity contribution < 1.29 is 18.4 Å². The predicted octanol–water partition coefficient (Wildman–Crippen LogP) is 2.61. The zero-order chi connectivity index (χ0) is 16.7. The summed E-state index contributed by atoms with van der Waals surface area (Å²) in [5.74, 6) is -1.18. The molecule has 23 heavy (non-hydrogen) atoms. The average Bonchev–Trinajstić information content (AvgIpc) is 2.83. The summed E-state index contributed by atoms with van der Waals surface area (Å²) < 4.78 is 19.0. The number of halogens is 1. The molecule has 1 aromatic heterocycles. The maximum Gasteiger partial charge on any atom is 0.290 e. The maximum atomic E-state index is 13.4. The lowest BCUT2D eigenvalue weighted by atomic mass is 9.92. The highest BCUT2D eigenvalue weighted by atomic mass is 19.1. The Morgan fingerprint density at radius 3 is 2.78 bits per heavy atom. The molecule has 2 unspecified atom stereocenters. The fourth-order valence-electron chi connectivity index (χ4n) is 3.15. The van der Waals surface area contributed by atoms with Crippen LogP contribution in [0.2, 0.25) is 0 Å². The molecule has 3 rings (SSSR count). The fraction of sp³-hybridized carbons (Fsp3) is 0.412. The Morgan fingerprint density at radius 1 is 1.35 bits per heavy atom. The van der Waals surface area contributed by atoms with Gasteiger partial charge in [0.15, 0.2) is 5.76 Å². The molecule has 1 aliphatic heterocycles. The lowest BCUT2D eigenvalue weighted by Gasteiger charge is -2.36. The number of benzene rings is 1. The van der Waals surface area contributed by atoms with Gasteiger partial charge >= 0.3 is 0 Å². The fourth-order valence-corrected chi connectivity index (χ4v) is 3.15. The van der Waals surface area contributed by atoms with Gasteiger partial charge in [0.05, 0.1) is 5.92 Å². The van der Waals surface area contributed by atoms with Gasteiger partial charge in [-0.15, -0.1) is 0 Å². The van der Waals surface area contributed by atoms with Crippen molar-refractivity contribution in [1.29, 1.82) is 0 Å². The van der Waals surface area contributed by atoms with Crippen molar-refractivity contribution in [3.63, 3.8) is 0 Å². The predicted molar refractivity (Wildman–Crippen MR) is 83.3 cm³/mol. The smallest absolute Gasteiger partial charge is 0.290 e. The van der Waals surface area contributed by atoms with E-state index in [1.54, 1.807) is 11.8 Å². The summed E-state index contributed by atoms with van der Waals surface area (Å²) in [6.45, 7) is 3.96. The third-order valence-electron chi connectivity index (χ3n) is 4.64. The first kappa shape index (κ1) is 15.5. The molecule has 2 atom stereocenters. The number of fused-ring (bicyclic) bond motifs is 1. The number of carbonyl (C=O) groups excluding carboxylic acids is 2. The molecule has 0 aliphatic carbocycles. The summed E-state index contributed by atoms with van der Waals surface area (Å²) in [7, 11) is 0. The van der Waals surface area contributed by atoms with Gasteiger partial charge in [0.2, 0.25) is 5.91 Å². The van der Waals surface area contributed by atoms with Crippen LogP contribution in [0.25, 0.3) is 11.0 Å². The van der Waals surface area contributed by atoms with Crippen LogP contribution in [0.5, 0.6) is 0 Å². The van der Waals surface area contributed by atoms with Crippen molar-refractivity contribution in [2.24, 2.45) is 11.7 Å². The van der Waals surface area contributed by atoms with Crippen LogP contribution in [0.3, 0.4) is 0 Å². The summed E-state index contributed by atoms with van der Waals surface area (Å²) in [6.07, 6.45) is 1.40. The van der Waals surface area contributed by atoms with Crippen LogP contribution in [0.4, 0.5) is 4.39 Å². The molecular weight excluding hydrogens is 299 g/mol. The molecule has 6 heteroatoms. The van der Waals surface area contributed by atoms with E-state index in [-0.39, 0.29) is 29.4 Å². The highest BCUT2D eigenvalue weighted by Gasteiger charge is 2.34. The number of hydrogen-bond acceptors (Lipinski definition) is 3. The number of nitrogens with zero attached hydrogens (tertiary/aromatic N) is 1. The minimum Gasteiger partial charge on any atom is -0.451 e. The Bertz CT molecular complexity index is 783. The molecule has 0 saturated carbocycles. The molecule has 2 aromatic rings. The largest absolute Gasteiger partial charge is 0.451 e. The third-order valence-corrected chi connectivity index (χ3v) is 4.64. The number of primary amides is 1. The zero-order valence-corrected chi connectivity index (χ0v) is 13.1. The third kappa shape index (κ3) is 2.69. The van der Waals surface area contributed by atoms with E-state index in [9.17, 15) is 14.0 Å². The van der Waals surface area contributed by atoms with Crippen LogP contribution < -0.4 is 5.73 Å². The van der Waals surface area contributed by atoms with E-state index in [1.165, 1.54) is 18.2 Å². The summed E-state index contributed by atoms with van der Waals surface area (Å²) >= 11 is 0. The zero-order valence-electron chi connectivity index (χ0n) is 13.1. The summed E-state index contributed by atoms with van der Waals surface area (Å²) in [5, 5.41) is 0.587. The topological polar surface area (TPSA) is 76.5 Å². The van der Waals surface area contributed by atoms with Crippen molar-refractivity contribution in [3.8, 4) is 0 Å². The molecular formula is C17H19FN2O3. The molecule has 1 aromatic carbocycles. The van der Waals surface area contributed by atoms with Crippen LogP contribution in [0, 0.1) is 18.7 Å². The van der Waals surface area contributed by atoms with E-state index >= 15 is 0 Å². The van der Waals surface area contributed by atoms with Gasteiger partial charge in [-0.25, -0.2) is 4.39 Å². The number of carbonyl (C=O) groups is 2. The van der Waals surface area contributed by atoms with E-state index < -0.39 is 5.91 Å². The number of amides is 2. The maximum absolute atomic E-state index is 13.4. The lowest BCUT2D eigenvalue weighted by molar-refractivity contribution is -0.123. The van der Waals surface area contributed by atoms with Crippen LogP contribution >= 0.6 is 0 Å². The van der Waals surface area contributed by atoms with Crippen LogP contribution in [-0.4, -0.2) is 29.3 Å². The van der Waals surface area contributed by atoms with E-state index in [1.807, 2.05) is 6.92 Å². The average molecular weight is 318 g/mol. The number of furan rings is 1. The van der Waals surface area contributed by atoms with Gasteiger partial charge in [0.25, 0.3) is 5.91 Å². The highest BCUT2D eigenvalue weighted by Crippen LogP contribution is 2.29. The normalized spacial score (nSPS) is 21.6. The second-order valence-corrected chi connectivity index (χ2v) is 6.18. The van der Waals surface area contributed by atoms with Crippen molar-refractivity contribution in [1.82, 2.24) is 4.90 Å². The second-order valence-electron chi connectivity index (χ2n) is 6.18. The van der Waals surface area contributed by atoms with Crippen molar-refractivity contribution >= 4 is 22.8 Å². The monoisotopic (exact) mass is 318 g/mol. The van der Waals surface area contributed by atoms with E-state index in [2.05, 4.69) is 0 Å². The molecule has 5 nitrogen and oxygen atoms in total. The van der Waals surface area contributed by atoms with Gasteiger partial charge in [-0.1, -0.05) is 0 Å². The molecule has 2 heterocycles. The van der Waals surface area contributed by atoms with E-state index in [0.717, 1.165) is 0 Å². The van der Waals surface area contributed by atoms with Gasteiger partial charge in [-0.2, -0.15) is 0 Å². The van der Waals surface area contributed by atoms with Crippen molar-refractivity contribution in [2.45, 2.75) is 32.7 Å². The molecule has 0 spiro atoms. The van der Waals surface area contributed by atoms with Crippen LogP contribution in [0.1, 0.15) is 35.9 Å². The Balaban J connectivity index is 1.96. The lowest BCUT2D eigenvalue weighted by Crippen LogP contribution is -2.48. The second kappa shape index (κ2) is 5.68. The Kier molecular flexibility index (Phi) is 3.83. The Morgan fingerprint density at radius 2 is 2.09 bits per heavy atom. The molecule has 0 bridgehead atoms. The SMILES string of the molecule is Cc1c(C(=O)N2CC(C(N)=O)CCC2C)oc2ccc(F)cc12. The number of rotatable bonds is 2. The standard InChI is InChI=1S/C17H19FN2O3/c1-9-3-4-11(16(19)21)8-20(9)17(22)15-10(2)13-7-12(18)5-6-14(13)23-15/h5-7,9,11H,3-4,8H2,1-2H3,(H2,19,21). The Hall–Kier alpha value is -2.37. The van der Waals surface area contributed by atoms with Crippen molar-refractivity contribution in [3.05, 3.63) is 35.3 Å². The minimum atomic E-state index is -0.391. The number of piperidine rings is 1. The molecule has 1 saturated heterocycles. The highest BCUT2D eigenvalue weighted by molar-refractivity contribution is 5.99. The van der Waals surface area contributed by atoms with Gasteiger partial charge in [-0.3, -0.25) is 9.59 Å². The van der Waals surface area contributed by atoms with E-state index in [0.29, 0.717) is 35.9 Å². The van der Waals surface area contributed by atoms with Gasteiger partial charge < -0.3 is 15.1 Å². The summed E-state index contributed by atoms with van der Waals surface area (Å²) in [4.78, 5) is 25.9. The first-order valence-electron chi connectivity index (χ1n) is 7.67. The van der Waals surface area contributed by atoms with E-state index in [4.69, 9.17) is 10.2 Å². The van der Waals surface area contributed by atoms with Gasteiger partial charge in [0.1, 0.15) is 11.4 Å². The van der Waals surface area contributed by atoms with Crippen LogP contribution in [0.15, 0.2) is 22.6 Å². The molecule has 2 amide bonds. The Labute approximate surface area is 133 Å². The number of nitrogens with two attached hydrogens (primary N) is 1. The number of aryl methyl sites for hydroxylation is 1. The van der Waals surface area contributed by atoms with Crippen LogP contribution in [-0.2, 0) is 4.79 Å². The molecule has 1 aliphatic rings. The van der Waals surface area contributed by atoms with Gasteiger partial charge in [0, 0.05) is 23.5 Å². The number of hydrogen-bond donors (Lipinski definition) is 1. The van der Waals surface area contributed by atoms with Crippen molar-refractivity contribution in [2.75, 3.05) is 6.54 Å². The molecule has 1 fully saturated rings. The molecule has 2 N–H and O–H groups in total. The summed E-state index contributed by atoms with van der Waals surface area (Å²) in [5.41, 5.74) is 6.46. The summed E-state index contributed by atoms with van der Waals surface area (Å²) in [6, 6.07) is 4.17. The quantitative estimate of drug-likeness (QED) is 0.924. The number of likely N-dealkylation sites (tertiary alicyclic amines) is 1. The molecule has 122 valence electrons. The minimum absolute atomic E-state index is 0.00227.